The molecule has 5 amide bonds. The van der Waals surface area contributed by atoms with Gasteiger partial charge in [0.2, 0.25) is 17.7 Å². The fourth-order valence-corrected chi connectivity index (χ4v) is 10.9. The molecule has 1 unspecified atom stereocenters. The Balaban J connectivity index is 0.755. The molecule has 0 spiro atoms. The molecule has 3 fully saturated rings. The van der Waals surface area contributed by atoms with Crippen LogP contribution < -0.4 is 25.6 Å². The minimum absolute atomic E-state index is 0.0710. The lowest BCUT2D eigenvalue weighted by Gasteiger charge is -2.43. The Labute approximate surface area is 384 Å². The smallest absolute Gasteiger partial charge is 0.262 e. The van der Waals surface area contributed by atoms with E-state index in [9.17, 15) is 28.5 Å². The molecule has 2 N–H and O–H groups in total. The highest BCUT2D eigenvalue weighted by atomic mass is 35.5. The first-order valence-corrected chi connectivity index (χ1v) is 25.4. The Morgan fingerprint density at radius 2 is 1.63 bits per heavy atom. The monoisotopic (exact) mass is 922 g/mol. The number of carbonyl (C=O) groups excluding carboxylic acids is 5. The number of piperazine rings is 1. The van der Waals surface area contributed by atoms with Crippen LogP contribution in [0.5, 0.6) is 5.75 Å². The van der Waals surface area contributed by atoms with Crippen LogP contribution in [0.15, 0.2) is 66.9 Å². The van der Waals surface area contributed by atoms with Crippen molar-refractivity contribution in [1.29, 1.82) is 0 Å². The van der Waals surface area contributed by atoms with Gasteiger partial charge in [-0.1, -0.05) is 41.9 Å². The SMILES string of the molecule is COc1cc(N2CCC(N3CCN(C(=O)CCCCNc4ccc5c(c4)C(=O)N(C4CCC(=O)NC4=O)C5=O)CC3)CC2)ccc1Cc1ncc(Cl)c(Cc2ccccc2P(C)(C)=O)n1. The number of hydrogen-bond donors (Lipinski definition) is 2. The maximum absolute atomic E-state index is 13.2. The highest BCUT2D eigenvalue weighted by Crippen LogP contribution is 2.37. The zero-order chi connectivity index (χ0) is 45.8. The van der Waals surface area contributed by atoms with Gasteiger partial charge < -0.3 is 24.4 Å². The summed E-state index contributed by atoms with van der Waals surface area (Å²) in [7, 11) is -0.798. The largest absolute Gasteiger partial charge is 0.496 e. The van der Waals surface area contributed by atoms with Crippen LogP contribution in [0, 0.1) is 0 Å². The Hall–Kier alpha value is -5.63. The fourth-order valence-electron chi connectivity index (χ4n) is 9.46. The predicted octanol–water partition coefficient (Wildman–Crippen LogP) is 5.36. The third kappa shape index (κ3) is 10.4. The Morgan fingerprint density at radius 3 is 2.37 bits per heavy atom. The van der Waals surface area contributed by atoms with Gasteiger partial charge in [0.05, 0.1) is 29.0 Å². The number of piperidine rings is 2. The molecule has 8 rings (SSSR count). The van der Waals surface area contributed by atoms with Crippen LogP contribution in [-0.2, 0) is 31.8 Å². The number of anilines is 2. The lowest BCUT2D eigenvalue weighted by Crippen LogP contribution is -2.54. The summed E-state index contributed by atoms with van der Waals surface area (Å²) < 4.78 is 18.8. The average molecular weight is 923 g/mol. The maximum Gasteiger partial charge on any atom is 0.262 e. The first kappa shape index (κ1) is 45.9. The van der Waals surface area contributed by atoms with E-state index < -0.39 is 36.8 Å². The fraction of sp³-hybridized carbons (Fsp3) is 0.438. The molecule has 17 heteroatoms. The van der Waals surface area contributed by atoms with E-state index in [-0.39, 0.29) is 29.9 Å². The number of fused-ring (bicyclic) bond motifs is 1. The molecule has 5 heterocycles. The van der Waals surface area contributed by atoms with E-state index in [4.69, 9.17) is 21.3 Å². The number of benzene rings is 3. The number of carbonyl (C=O) groups is 5. The third-order valence-corrected chi connectivity index (χ3v) is 14.9. The predicted molar refractivity (Wildman–Crippen MR) is 250 cm³/mol. The van der Waals surface area contributed by atoms with Crippen molar-refractivity contribution in [2.24, 2.45) is 0 Å². The molecule has 4 aliphatic rings. The van der Waals surface area contributed by atoms with E-state index in [1.54, 1.807) is 44.8 Å². The summed E-state index contributed by atoms with van der Waals surface area (Å²) in [6.45, 7) is 9.16. The highest BCUT2D eigenvalue weighted by Gasteiger charge is 2.44. The highest BCUT2D eigenvalue weighted by molar-refractivity contribution is 7.70. The summed E-state index contributed by atoms with van der Waals surface area (Å²) in [5, 5.41) is 6.83. The van der Waals surface area contributed by atoms with Crippen molar-refractivity contribution in [3.05, 3.63) is 106 Å². The van der Waals surface area contributed by atoms with Gasteiger partial charge in [0.15, 0.2) is 0 Å². The number of imide groups is 2. The molecular weight excluding hydrogens is 867 g/mol. The summed E-state index contributed by atoms with van der Waals surface area (Å²) >= 11 is 6.57. The summed E-state index contributed by atoms with van der Waals surface area (Å²) in [6.07, 6.45) is 6.77. The second-order valence-corrected chi connectivity index (χ2v) is 21.2. The number of unbranched alkanes of at least 4 members (excludes halogenated alkanes) is 1. The lowest BCUT2D eigenvalue weighted by atomic mass is 10.0. The molecular formula is C48H56ClN8O7P. The summed E-state index contributed by atoms with van der Waals surface area (Å²) in [5.74, 6) is -0.530. The third-order valence-electron chi connectivity index (χ3n) is 13.0. The van der Waals surface area contributed by atoms with Gasteiger partial charge >= 0.3 is 0 Å². The average Bonchev–Trinajstić information content (AvgIpc) is 3.54. The zero-order valence-corrected chi connectivity index (χ0v) is 38.8. The lowest BCUT2D eigenvalue weighted by molar-refractivity contribution is -0.136. The van der Waals surface area contributed by atoms with Gasteiger partial charge in [0.1, 0.15) is 24.8 Å². The zero-order valence-electron chi connectivity index (χ0n) is 37.2. The molecule has 3 aromatic carbocycles. The van der Waals surface area contributed by atoms with Crippen LogP contribution in [0.4, 0.5) is 11.4 Å². The molecule has 4 aromatic rings. The van der Waals surface area contributed by atoms with Crippen LogP contribution in [0.25, 0.3) is 0 Å². The van der Waals surface area contributed by atoms with Gasteiger partial charge in [-0.25, -0.2) is 9.97 Å². The minimum Gasteiger partial charge on any atom is -0.496 e. The van der Waals surface area contributed by atoms with E-state index >= 15 is 0 Å². The second kappa shape index (κ2) is 19.9. The van der Waals surface area contributed by atoms with E-state index in [0.29, 0.717) is 54.1 Å². The first-order valence-electron chi connectivity index (χ1n) is 22.4. The molecule has 1 aromatic heterocycles. The van der Waals surface area contributed by atoms with Crippen molar-refractivity contribution in [3.63, 3.8) is 0 Å². The van der Waals surface area contributed by atoms with Crippen molar-refractivity contribution < 1.29 is 33.3 Å². The van der Waals surface area contributed by atoms with Crippen LogP contribution in [0.3, 0.4) is 0 Å². The molecule has 0 radical (unpaired) electrons. The number of halogens is 1. The number of nitrogens with zero attached hydrogens (tertiary/aromatic N) is 6. The van der Waals surface area contributed by atoms with E-state index in [1.165, 1.54) is 0 Å². The van der Waals surface area contributed by atoms with Crippen LogP contribution in [-0.4, -0.2) is 133 Å². The molecule has 342 valence electrons. The molecule has 1 atom stereocenters. The standard InChI is InChI=1S/C48H56ClN8O7P/c1-64-41-29-35(13-11-31(41)27-43-51-30-38(49)39(52-43)26-32-8-4-5-9-42(32)65(2,3)63)54-20-17-34(18-21-54)55-22-24-56(25-23-55)45(59)10-6-7-19-50-33-12-14-36-37(28-33)48(62)57(47(36)61)40-15-16-44(58)53-46(40)60/h4-5,8-9,11-14,28-30,34,40,50H,6-7,10,15-27H2,1-3H3,(H,53,58,60). The first-order chi connectivity index (χ1) is 31.3. The Bertz CT molecular complexity index is 2530. The molecule has 65 heavy (non-hydrogen) atoms. The number of rotatable bonds is 15. The van der Waals surface area contributed by atoms with E-state index in [0.717, 1.165) is 97.7 Å². The Morgan fingerprint density at radius 1 is 0.877 bits per heavy atom. The van der Waals surface area contributed by atoms with Crippen LogP contribution in [0.2, 0.25) is 5.02 Å². The van der Waals surface area contributed by atoms with Crippen molar-refractivity contribution in [2.75, 3.05) is 76.5 Å². The minimum atomic E-state index is -2.48. The topological polar surface area (TPSA) is 174 Å². The van der Waals surface area contributed by atoms with Crippen LogP contribution >= 0.6 is 18.7 Å². The Kier molecular flexibility index (Phi) is 14.0. The number of amides is 5. The number of ether oxygens (including phenoxy) is 1. The number of aromatic nitrogens is 2. The van der Waals surface area contributed by atoms with Gasteiger partial charge in [-0.3, -0.25) is 39.1 Å². The summed E-state index contributed by atoms with van der Waals surface area (Å²) in [6, 6.07) is 18.5. The molecule has 4 aliphatic heterocycles. The maximum atomic E-state index is 13.2. The van der Waals surface area contributed by atoms with Crippen molar-refractivity contribution in [1.82, 2.24) is 30.0 Å². The molecule has 0 saturated carbocycles. The van der Waals surface area contributed by atoms with Crippen molar-refractivity contribution in [3.8, 4) is 5.75 Å². The number of nitrogens with one attached hydrogen (secondary N) is 2. The van der Waals surface area contributed by atoms with E-state index in [1.807, 2.05) is 29.2 Å². The number of methoxy groups -OCH3 is 1. The summed E-state index contributed by atoms with van der Waals surface area (Å²) in [4.78, 5) is 80.5. The van der Waals surface area contributed by atoms with Crippen LogP contribution in [0.1, 0.15) is 88.3 Å². The second-order valence-electron chi connectivity index (χ2n) is 17.6. The molecule has 0 bridgehead atoms. The molecule has 3 saturated heterocycles. The number of hydrogen-bond acceptors (Lipinski definition) is 12. The van der Waals surface area contributed by atoms with E-state index in [2.05, 4.69) is 43.6 Å². The molecule has 0 aliphatic carbocycles. The van der Waals surface area contributed by atoms with Gasteiger partial charge in [0.25, 0.3) is 11.8 Å². The van der Waals surface area contributed by atoms with Gasteiger partial charge in [-0.2, -0.15) is 0 Å². The van der Waals surface area contributed by atoms with Crippen molar-refractivity contribution in [2.45, 2.75) is 69.9 Å². The van der Waals surface area contributed by atoms with Gasteiger partial charge in [-0.05, 0) is 75.3 Å². The normalized spacial score (nSPS) is 18.5. The molecule has 15 nitrogen and oxygen atoms in total. The van der Waals surface area contributed by atoms with Gasteiger partial charge in [-0.15, -0.1) is 0 Å². The summed E-state index contributed by atoms with van der Waals surface area (Å²) in [5.41, 5.74) is 4.90. The van der Waals surface area contributed by atoms with Gasteiger partial charge in [0, 0.05) is 112 Å². The van der Waals surface area contributed by atoms with Crippen molar-refractivity contribution >= 4 is 65.0 Å². The quantitative estimate of drug-likeness (QED) is 0.0889.